The number of hydrogen-bond acceptors (Lipinski definition) is 4. The first-order chi connectivity index (χ1) is 12.2. The van der Waals surface area contributed by atoms with Gasteiger partial charge in [-0.2, -0.15) is 0 Å². The zero-order valence-electron chi connectivity index (χ0n) is 16.4. The molecule has 0 saturated carbocycles. The lowest BCUT2D eigenvalue weighted by atomic mass is 10.1. The molecule has 0 aliphatic carbocycles. The Labute approximate surface area is 154 Å². The zero-order chi connectivity index (χ0) is 19.4. The summed E-state index contributed by atoms with van der Waals surface area (Å²) in [6.45, 7) is 11.4. The number of benzene rings is 1. The molecule has 0 aliphatic rings. The molecule has 0 spiro atoms. The van der Waals surface area contributed by atoms with Gasteiger partial charge in [-0.3, -0.25) is 4.79 Å². The van der Waals surface area contributed by atoms with E-state index in [-0.39, 0.29) is 25.0 Å². The Morgan fingerprint density at radius 3 is 2.35 bits per heavy atom. The molecule has 5 nitrogen and oxygen atoms in total. The smallest absolute Gasteiger partial charge is 0.344 e. The van der Waals surface area contributed by atoms with Gasteiger partial charge < -0.3 is 14.0 Å². The van der Waals surface area contributed by atoms with E-state index in [9.17, 15) is 9.59 Å². The lowest BCUT2D eigenvalue weighted by Crippen LogP contribution is -2.20. The number of ketones is 1. The summed E-state index contributed by atoms with van der Waals surface area (Å²) in [6, 6.07) is 7.90. The molecule has 0 aliphatic heterocycles. The summed E-state index contributed by atoms with van der Waals surface area (Å²) < 4.78 is 12.7. The normalized spacial score (nSPS) is 10.9. The number of ether oxygens (including phenoxy) is 2. The second-order valence-electron chi connectivity index (χ2n) is 6.89. The molecule has 1 aromatic heterocycles. The van der Waals surface area contributed by atoms with Crippen LogP contribution in [0.5, 0.6) is 5.75 Å². The van der Waals surface area contributed by atoms with Gasteiger partial charge in [-0.15, -0.1) is 0 Å². The van der Waals surface area contributed by atoms with Crippen LogP contribution in [-0.2, 0) is 9.53 Å². The average molecular weight is 357 g/mol. The summed E-state index contributed by atoms with van der Waals surface area (Å²) in [6.07, 6.45) is 0. The van der Waals surface area contributed by atoms with Crippen molar-refractivity contribution >= 4 is 11.8 Å². The van der Waals surface area contributed by atoms with E-state index < -0.39 is 5.97 Å². The van der Waals surface area contributed by atoms with Crippen molar-refractivity contribution in [2.24, 2.45) is 0 Å². The Bertz CT molecular complexity index is 818. The van der Waals surface area contributed by atoms with Crippen molar-refractivity contribution in [3.8, 4) is 5.75 Å². The predicted octanol–water partition coefficient (Wildman–Crippen LogP) is 4.11. The Hall–Kier alpha value is -2.56. The third-order valence-electron chi connectivity index (χ3n) is 4.35. The first kappa shape index (κ1) is 19.8. The molecule has 0 radical (unpaired) electrons. The van der Waals surface area contributed by atoms with Crippen LogP contribution in [0.2, 0.25) is 0 Å². The molecule has 140 valence electrons. The molecular formula is C21H27NO4. The van der Waals surface area contributed by atoms with E-state index in [0.29, 0.717) is 11.3 Å². The Morgan fingerprint density at radius 1 is 1.04 bits per heavy atom. The van der Waals surface area contributed by atoms with Gasteiger partial charge in [0.1, 0.15) is 5.75 Å². The predicted molar refractivity (Wildman–Crippen MR) is 101 cm³/mol. The highest BCUT2D eigenvalue weighted by Crippen LogP contribution is 2.21. The van der Waals surface area contributed by atoms with Gasteiger partial charge in [0.2, 0.25) is 5.78 Å². The summed E-state index contributed by atoms with van der Waals surface area (Å²) >= 11 is 0. The maximum Gasteiger partial charge on any atom is 0.344 e. The van der Waals surface area contributed by atoms with Crippen LogP contribution in [0.1, 0.15) is 52.8 Å². The molecule has 0 N–H and O–H groups in total. The number of aryl methyl sites for hydroxylation is 3. The zero-order valence-corrected chi connectivity index (χ0v) is 16.4. The molecular weight excluding hydrogens is 330 g/mol. The number of carbonyl (C=O) groups is 2. The Kier molecular flexibility index (Phi) is 6.24. The minimum atomic E-state index is -0.558. The van der Waals surface area contributed by atoms with Gasteiger partial charge in [0.25, 0.3) is 0 Å². The lowest BCUT2D eigenvalue weighted by molar-refractivity contribution is -0.144. The number of esters is 1. The van der Waals surface area contributed by atoms with Gasteiger partial charge in [0, 0.05) is 23.0 Å². The van der Waals surface area contributed by atoms with E-state index in [2.05, 4.69) is 18.4 Å². The second kappa shape index (κ2) is 8.21. The van der Waals surface area contributed by atoms with Gasteiger partial charge in [-0.05, 0) is 64.8 Å². The number of Topliss-reactive ketones (excluding diaryl/α,β-unsaturated/α-hetero) is 1. The SMILES string of the molecule is Cc1ccc(C)c(OCC(=O)OCC(=O)c2cc(C)n(C(C)C)c2C)c1. The summed E-state index contributed by atoms with van der Waals surface area (Å²) in [5.74, 6) is -0.115. The van der Waals surface area contributed by atoms with E-state index >= 15 is 0 Å². The maximum absolute atomic E-state index is 12.4. The van der Waals surface area contributed by atoms with Crippen LogP contribution in [0.25, 0.3) is 0 Å². The highest BCUT2D eigenvalue weighted by Gasteiger charge is 2.18. The van der Waals surface area contributed by atoms with E-state index in [1.54, 1.807) is 0 Å². The lowest BCUT2D eigenvalue weighted by Gasteiger charge is -2.13. The quantitative estimate of drug-likeness (QED) is 0.553. The summed E-state index contributed by atoms with van der Waals surface area (Å²) in [7, 11) is 0. The summed E-state index contributed by atoms with van der Waals surface area (Å²) in [4.78, 5) is 24.3. The van der Waals surface area contributed by atoms with E-state index in [1.165, 1.54) is 0 Å². The molecule has 1 heterocycles. The largest absolute Gasteiger partial charge is 0.482 e. The van der Waals surface area contributed by atoms with Crippen molar-refractivity contribution in [1.29, 1.82) is 0 Å². The van der Waals surface area contributed by atoms with Crippen molar-refractivity contribution in [3.63, 3.8) is 0 Å². The summed E-state index contributed by atoms with van der Waals surface area (Å²) in [5, 5.41) is 0. The molecule has 5 heteroatoms. The first-order valence-electron chi connectivity index (χ1n) is 8.78. The standard InChI is InChI=1S/C21H27NO4/c1-13(2)22-16(5)10-18(17(22)6)19(23)11-26-21(24)12-25-20-9-14(3)7-8-15(20)4/h7-10,13H,11-12H2,1-6H3. The molecule has 0 saturated heterocycles. The van der Waals surface area contributed by atoms with Gasteiger partial charge in [0.15, 0.2) is 13.2 Å². The van der Waals surface area contributed by atoms with E-state index in [0.717, 1.165) is 22.5 Å². The fourth-order valence-electron chi connectivity index (χ4n) is 3.12. The second-order valence-corrected chi connectivity index (χ2v) is 6.89. The number of rotatable bonds is 7. The molecule has 0 bridgehead atoms. The van der Waals surface area contributed by atoms with Gasteiger partial charge in [-0.1, -0.05) is 12.1 Å². The molecule has 0 atom stereocenters. The third-order valence-corrected chi connectivity index (χ3v) is 4.35. The van der Waals surface area contributed by atoms with Crippen LogP contribution < -0.4 is 4.74 Å². The summed E-state index contributed by atoms with van der Waals surface area (Å²) in [5.41, 5.74) is 4.50. The van der Waals surface area contributed by atoms with Crippen molar-refractivity contribution in [3.05, 3.63) is 52.3 Å². The Balaban J connectivity index is 1.92. The minimum absolute atomic E-state index is 0.204. The van der Waals surface area contributed by atoms with Gasteiger partial charge in [0.05, 0.1) is 0 Å². The molecule has 0 unspecified atom stereocenters. The van der Waals surface area contributed by atoms with Crippen molar-refractivity contribution < 1.29 is 19.1 Å². The number of carbonyl (C=O) groups excluding carboxylic acids is 2. The Morgan fingerprint density at radius 2 is 1.73 bits per heavy atom. The fourth-order valence-corrected chi connectivity index (χ4v) is 3.12. The van der Waals surface area contributed by atoms with Crippen LogP contribution in [0, 0.1) is 27.7 Å². The highest BCUT2D eigenvalue weighted by molar-refractivity contribution is 5.99. The highest BCUT2D eigenvalue weighted by atomic mass is 16.6. The monoisotopic (exact) mass is 357 g/mol. The van der Waals surface area contributed by atoms with Crippen LogP contribution in [0.15, 0.2) is 24.3 Å². The van der Waals surface area contributed by atoms with Crippen LogP contribution in [-0.4, -0.2) is 29.5 Å². The molecule has 0 fully saturated rings. The maximum atomic E-state index is 12.4. The number of nitrogens with zero attached hydrogens (tertiary/aromatic N) is 1. The molecule has 0 amide bonds. The fraction of sp³-hybridized carbons (Fsp3) is 0.429. The van der Waals surface area contributed by atoms with Crippen molar-refractivity contribution in [2.45, 2.75) is 47.6 Å². The van der Waals surface area contributed by atoms with Gasteiger partial charge in [-0.25, -0.2) is 4.79 Å². The van der Waals surface area contributed by atoms with Crippen molar-refractivity contribution in [1.82, 2.24) is 4.57 Å². The molecule has 26 heavy (non-hydrogen) atoms. The topological polar surface area (TPSA) is 57.5 Å². The van der Waals surface area contributed by atoms with Crippen LogP contribution >= 0.6 is 0 Å². The van der Waals surface area contributed by atoms with E-state index in [4.69, 9.17) is 9.47 Å². The molecule has 2 rings (SSSR count). The van der Waals surface area contributed by atoms with Crippen LogP contribution in [0.4, 0.5) is 0 Å². The van der Waals surface area contributed by atoms with Gasteiger partial charge >= 0.3 is 5.97 Å². The van der Waals surface area contributed by atoms with E-state index in [1.807, 2.05) is 52.0 Å². The first-order valence-corrected chi connectivity index (χ1v) is 8.78. The number of aromatic nitrogens is 1. The number of hydrogen-bond donors (Lipinski definition) is 0. The third kappa shape index (κ3) is 4.54. The van der Waals surface area contributed by atoms with Crippen LogP contribution in [0.3, 0.4) is 0 Å². The van der Waals surface area contributed by atoms with Crippen molar-refractivity contribution in [2.75, 3.05) is 13.2 Å². The minimum Gasteiger partial charge on any atom is -0.482 e. The average Bonchev–Trinajstić information content (AvgIpc) is 2.88. The molecule has 1 aromatic carbocycles. The molecule has 2 aromatic rings.